The van der Waals surface area contributed by atoms with Crippen LogP contribution in [0.25, 0.3) is 16.9 Å². The largest absolute Gasteiger partial charge is 0.465 e. The fourth-order valence-electron chi connectivity index (χ4n) is 1.99. The Morgan fingerprint density at radius 2 is 2.00 bits per heavy atom. The number of rotatable bonds is 2. The standard InChI is InChI=1S/C14H10ClN3O2/c1-20-14(19)10-2-3-11-12(15)17-13(18(11)8-10)9-4-6-16-7-5-9/h2-8H,1H3. The summed E-state index contributed by atoms with van der Waals surface area (Å²) in [7, 11) is 1.34. The zero-order valence-corrected chi connectivity index (χ0v) is 11.3. The Morgan fingerprint density at radius 3 is 2.70 bits per heavy atom. The molecule has 0 radical (unpaired) electrons. The molecule has 3 rings (SSSR count). The predicted molar refractivity (Wildman–Crippen MR) is 74.8 cm³/mol. The summed E-state index contributed by atoms with van der Waals surface area (Å²) in [5, 5.41) is 0.383. The van der Waals surface area contributed by atoms with Crippen LogP contribution in [0.15, 0.2) is 42.9 Å². The lowest BCUT2D eigenvalue weighted by molar-refractivity contribution is 0.0600. The van der Waals surface area contributed by atoms with Gasteiger partial charge in [0.25, 0.3) is 0 Å². The molecule has 3 heterocycles. The summed E-state index contributed by atoms with van der Waals surface area (Å²) in [5.74, 6) is 0.246. The number of hydrogen-bond donors (Lipinski definition) is 0. The SMILES string of the molecule is COC(=O)c1ccc2c(Cl)nc(-c3ccncc3)n2c1. The molecule has 3 aromatic rings. The number of methoxy groups -OCH3 is 1. The van der Waals surface area contributed by atoms with Crippen molar-refractivity contribution in [2.75, 3.05) is 7.11 Å². The van der Waals surface area contributed by atoms with Gasteiger partial charge in [0, 0.05) is 24.2 Å². The van der Waals surface area contributed by atoms with E-state index in [4.69, 9.17) is 16.3 Å². The highest BCUT2D eigenvalue weighted by Gasteiger charge is 2.14. The van der Waals surface area contributed by atoms with Gasteiger partial charge in [-0.05, 0) is 24.3 Å². The molecular formula is C14H10ClN3O2. The van der Waals surface area contributed by atoms with E-state index in [9.17, 15) is 4.79 Å². The van der Waals surface area contributed by atoms with E-state index >= 15 is 0 Å². The van der Waals surface area contributed by atoms with E-state index in [0.29, 0.717) is 16.5 Å². The van der Waals surface area contributed by atoms with Crippen molar-refractivity contribution < 1.29 is 9.53 Å². The molecule has 0 N–H and O–H groups in total. The third-order valence-corrected chi connectivity index (χ3v) is 3.23. The molecule has 3 aromatic heterocycles. The first-order valence-electron chi connectivity index (χ1n) is 5.87. The van der Waals surface area contributed by atoms with Crippen LogP contribution in [0.4, 0.5) is 0 Å². The summed E-state index contributed by atoms with van der Waals surface area (Å²) in [6.45, 7) is 0. The van der Waals surface area contributed by atoms with Gasteiger partial charge in [-0.1, -0.05) is 11.6 Å². The number of fused-ring (bicyclic) bond motifs is 1. The second kappa shape index (κ2) is 4.94. The third-order valence-electron chi connectivity index (χ3n) is 2.95. The number of nitrogens with zero attached hydrogens (tertiary/aromatic N) is 3. The summed E-state index contributed by atoms with van der Waals surface area (Å²) < 4.78 is 6.49. The van der Waals surface area contributed by atoms with Crippen LogP contribution in [-0.4, -0.2) is 27.4 Å². The summed E-state index contributed by atoms with van der Waals surface area (Å²) in [5.41, 5.74) is 2.03. The number of aromatic nitrogens is 3. The van der Waals surface area contributed by atoms with E-state index < -0.39 is 5.97 Å². The molecule has 0 atom stereocenters. The predicted octanol–water partition coefficient (Wildman–Crippen LogP) is 2.84. The van der Waals surface area contributed by atoms with Crippen molar-refractivity contribution in [3.8, 4) is 11.4 Å². The van der Waals surface area contributed by atoms with E-state index in [0.717, 1.165) is 11.1 Å². The topological polar surface area (TPSA) is 56.5 Å². The van der Waals surface area contributed by atoms with Crippen LogP contribution < -0.4 is 0 Å². The molecule has 0 saturated carbocycles. The molecule has 0 aliphatic heterocycles. The van der Waals surface area contributed by atoms with Crippen molar-refractivity contribution in [1.29, 1.82) is 0 Å². The number of carbonyl (C=O) groups excluding carboxylic acids is 1. The molecule has 100 valence electrons. The van der Waals surface area contributed by atoms with Crippen LogP contribution in [-0.2, 0) is 4.74 Å². The van der Waals surface area contributed by atoms with Crippen molar-refractivity contribution in [2.45, 2.75) is 0 Å². The van der Waals surface area contributed by atoms with E-state index in [1.165, 1.54) is 7.11 Å². The van der Waals surface area contributed by atoms with Gasteiger partial charge in [-0.25, -0.2) is 9.78 Å². The van der Waals surface area contributed by atoms with Crippen molar-refractivity contribution in [3.63, 3.8) is 0 Å². The van der Waals surface area contributed by atoms with Crippen molar-refractivity contribution in [1.82, 2.24) is 14.4 Å². The highest BCUT2D eigenvalue weighted by Crippen LogP contribution is 2.25. The van der Waals surface area contributed by atoms with Gasteiger partial charge in [0.2, 0.25) is 0 Å². The number of hydrogen-bond acceptors (Lipinski definition) is 4. The Bertz CT molecular complexity index is 784. The molecular weight excluding hydrogens is 278 g/mol. The first kappa shape index (κ1) is 12.6. The summed E-state index contributed by atoms with van der Waals surface area (Å²) >= 11 is 6.13. The molecule has 0 aliphatic rings. The lowest BCUT2D eigenvalue weighted by atomic mass is 10.2. The third kappa shape index (κ3) is 2.02. The molecule has 0 aromatic carbocycles. The molecule has 0 saturated heterocycles. The molecule has 0 bridgehead atoms. The maximum atomic E-state index is 11.6. The van der Waals surface area contributed by atoms with Crippen LogP contribution in [0.3, 0.4) is 0 Å². The number of esters is 1. The maximum Gasteiger partial charge on any atom is 0.339 e. The second-order valence-electron chi connectivity index (χ2n) is 4.13. The smallest absolute Gasteiger partial charge is 0.339 e. The second-order valence-corrected chi connectivity index (χ2v) is 4.48. The van der Waals surface area contributed by atoms with Crippen LogP contribution in [0, 0.1) is 0 Å². The number of pyridine rings is 2. The van der Waals surface area contributed by atoms with Crippen molar-refractivity contribution >= 4 is 23.1 Å². The van der Waals surface area contributed by atoms with Crippen LogP contribution in [0.5, 0.6) is 0 Å². The minimum absolute atomic E-state index is 0.383. The van der Waals surface area contributed by atoms with Crippen LogP contribution >= 0.6 is 11.6 Å². The Hall–Kier alpha value is -2.40. The van der Waals surface area contributed by atoms with E-state index in [2.05, 4.69) is 9.97 Å². The van der Waals surface area contributed by atoms with Gasteiger partial charge >= 0.3 is 5.97 Å². The summed E-state index contributed by atoms with van der Waals surface area (Å²) in [4.78, 5) is 19.9. The first-order chi connectivity index (χ1) is 9.70. The van der Waals surface area contributed by atoms with Crippen molar-refractivity contribution in [3.05, 3.63) is 53.6 Å². The lowest BCUT2D eigenvalue weighted by Gasteiger charge is -2.03. The quantitative estimate of drug-likeness (QED) is 0.680. The first-order valence-corrected chi connectivity index (χ1v) is 6.25. The van der Waals surface area contributed by atoms with E-state index in [1.807, 2.05) is 12.1 Å². The normalized spacial score (nSPS) is 10.7. The maximum absolute atomic E-state index is 11.6. The monoisotopic (exact) mass is 287 g/mol. The van der Waals surface area contributed by atoms with Gasteiger partial charge in [0.05, 0.1) is 18.2 Å². The van der Waals surface area contributed by atoms with Crippen molar-refractivity contribution in [2.24, 2.45) is 0 Å². The van der Waals surface area contributed by atoms with Gasteiger partial charge in [0.15, 0.2) is 5.15 Å². The lowest BCUT2D eigenvalue weighted by Crippen LogP contribution is -2.03. The molecule has 0 aliphatic carbocycles. The molecule has 0 fully saturated rings. The molecule has 5 nitrogen and oxygen atoms in total. The summed E-state index contributed by atoms with van der Waals surface area (Å²) in [6, 6.07) is 7.06. The van der Waals surface area contributed by atoms with Gasteiger partial charge < -0.3 is 4.74 Å². The Labute approximate surface area is 119 Å². The molecule has 0 amide bonds. The zero-order valence-electron chi connectivity index (χ0n) is 10.6. The fraction of sp³-hybridized carbons (Fsp3) is 0.0714. The van der Waals surface area contributed by atoms with Crippen LogP contribution in [0.2, 0.25) is 5.15 Å². The fourth-order valence-corrected chi connectivity index (χ4v) is 2.23. The highest BCUT2D eigenvalue weighted by molar-refractivity contribution is 6.32. The molecule has 0 spiro atoms. The van der Waals surface area contributed by atoms with Gasteiger partial charge in [-0.3, -0.25) is 9.38 Å². The van der Waals surface area contributed by atoms with Gasteiger partial charge in [-0.15, -0.1) is 0 Å². The zero-order chi connectivity index (χ0) is 14.1. The van der Waals surface area contributed by atoms with E-state index in [-0.39, 0.29) is 0 Å². The van der Waals surface area contributed by atoms with Crippen LogP contribution in [0.1, 0.15) is 10.4 Å². The molecule has 6 heteroatoms. The highest BCUT2D eigenvalue weighted by atomic mass is 35.5. The minimum atomic E-state index is -0.405. The average Bonchev–Trinajstić information content (AvgIpc) is 2.84. The number of halogens is 1. The Balaban J connectivity index is 2.25. The molecule has 0 unspecified atom stereocenters. The minimum Gasteiger partial charge on any atom is -0.465 e. The van der Waals surface area contributed by atoms with E-state index in [1.54, 1.807) is 35.1 Å². The Kier molecular flexibility index (Phi) is 3.12. The Morgan fingerprint density at radius 1 is 1.25 bits per heavy atom. The summed E-state index contributed by atoms with van der Waals surface area (Å²) in [6.07, 6.45) is 5.01. The molecule has 20 heavy (non-hydrogen) atoms. The average molecular weight is 288 g/mol. The number of ether oxygens (including phenoxy) is 1. The van der Waals surface area contributed by atoms with Gasteiger partial charge in [0.1, 0.15) is 5.82 Å². The van der Waals surface area contributed by atoms with Gasteiger partial charge in [-0.2, -0.15) is 0 Å². The number of imidazole rings is 1. The number of carbonyl (C=O) groups is 1.